The van der Waals surface area contributed by atoms with Crippen LogP contribution in [0.3, 0.4) is 0 Å². The highest BCUT2D eigenvalue weighted by atomic mass is 79.9. The number of ether oxygens (including phenoxy) is 1. The number of carbonyl (C=O) groups is 1. The molecule has 1 aromatic heterocycles. The molecule has 0 saturated carbocycles. The van der Waals surface area contributed by atoms with E-state index in [0.29, 0.717) is 0 Å². The molecule has 2 atom stereocenters. The van der Waals surface area contributed by atoms with Gasteiger partial charge in [0.15, 0.2) is 0 Å². The Morgan fingerprint density at radius 3 is 2.44 bits per heavy atom. The molecule has 3 aromatic rings. The molecule has 0 radical (unpaired) electrons. The van der Waals surface area contributed by atoms with Crippen LogP contribution in [0.4, 0.5) is 4.39 Å². The van der Waals surface area contributed by atoms with Crippen LogP contribution in [-0.2, 0) is 9.53 Å². The molecule has 0 spiro atoms. The molecule has 180 valence electrons. The Morgan fingerprint density at radius 2 is 1.82 bits per heavy atom. The van der Waals surface area contributed by atoms with Crippen LogP contribution < -0.4 is 0 Å². The molecule has 0 aliphatic rings. The normalized spacial score (nSPS) is 13.4. The fourth-order valence-electron chi connectivity index (χ4n) is 3.83. The van der Waals surface area contributed by atoms with Crippen LogP contribution in [0.15, 0.2) is 65.1 Å². The maximum atomic E-state index is 13.7. The van der Waals surface area contributed by atoms with Gasteiger partial charge in [-0.15, -0.1) is 0 Å². The van der Waals surface area contributed by atoms with Crippen molar-refractivity contribution in [3.8, 4) is 22.4 Å². The van der Waals surface area contributed by atoms with Crippen LogP contribution in [0.5, 0.6) is 0 Å². The van der Waals surface area contributed by atoms with Crippen LogP contribution in [0.25, 0.3) is 28.6 Å². The number of halogens is 2. The molecule has 0 fully saturated rings. The molecule has 0 amide bonds. The molecule has 2 N–H and O–H groups in total. The number of methoxy groups -OCH3 is 1. The average molecular weight is 530 g/mol. The van der Waals surface area contributed by atoms with E-state index in [2.05, 4.69) is 40.6 Å². The van der Waals surface area contributed by atoms with Crippen molar-refractivity contribution in [2.75, 3.05) is 7.11 Å². The molecule has 0 bridgehead atoms. The maximum absolute atomic E-state index is 13.7. The predicted molar refractivity (Wildman–Crippen MR) is 136 cm³/mol. The first-order valence-electron chi connectivity index (χ1n) is 11.1. The molecule has 0 saturated heterocycles. The summed E-state index contributed by atoms with van der Waals surface area (Å²) in [5.74, 6) is -0.694. The highest BCUT2D eigenvalue weighted by Gasteiger charge is 2.20. The Hall–Kier alpha value is -2.74. The Labute approximate surface area is 207 Å². The monoisotopic (exact) mass is 529 g/mol. The highest BCUT2D eigenvalue weighted by Crippen LogP contribution is 2.38. The molecule has 0 aliphatic heterocycles. The van der Waals surface area contributed by atoms with Crippen LogP contribution >= 0.6 is 15.9 Å². The molecule has 3 rings (SSSR count). The van der Waals surface area contributed by atoms with Gasteiger partial charge in [-0.05, 0) is 65.6 Å². The van der Waals surface area contributed by atoms with Crippen LogP contribution in [0.1, 0.15) is 38.3 Å². The number of aliphatic hydroxyl groups excluding tert-OH is 2. The molecule has 0 aliphatic carbocycles. The number of nitrogens with zero attached hydrogens (tertiary/aromatic N) is 1. The van der Waals surface area contributed by atoms with Gasteiger partial charge in [0.2, 0.25) is 0 Å². The molecule has 34 heavy (non-hydrogen) atoms. The number of hydrogen-bond donors (Lipinski definition) is 2. The number of aliphatic hydroxyl groups is 2. The second-order valence-electron chi connectivity index (χ2n) is 8.45. The topological polar surface area (TPSA) is 71.7 Å². The molecular formula is C27H29BrFNO4. The van der Waals surface area contributed by atoms with Crippen molar-refractivity contribution in [1.29, 1.82) is 0 Å². The third-order valence-corrected chi connectivity index (χ3v) is 6.01. The Bertz CT molecular complexity index is 1150. The third-order valence-electron chi connectivity index (χ3n) is 5.51. The molecule has 7 heteroatoms. The van der Waals surface area contributed by atoms with Gasteiger partial charge in [-0.3, -0.25) is 4.79 Å². The van der Waals surface area contributed by atoms with E-state index in [9.17, 15) is 19.4 Å². The van der Waals surface area contributed by atoms with E-state index in [0.717, 1.165) is 32.6 Å². The van der Waals surface area contributed by atoms with Crippen LogP contribution in [0.2, 0.25) is 0 Å². The van der Waals surface area contributed by atoms with Crippen LogP contribution in [0, 0.1) is 5.82 Å². The van der Waals surface area contributed by atoms with E-state index in [1.807, 2.05) is 28.8 Å². The van der Waals surface area contributed by atoms with Gasteiger partial charge >= 0.3 is 5.97 Å². The molecule has 2 aromatic carbocycles. The first-order valence-corrected chi connectivity index (χ1v) is 11.9. The number of benzene rings is 2. The van der Waals surface area contributed by atoms with Gasteiger partial charge in [-0.2, -0.15) is 0 Å². The summed E-state index contributed by atoms with van der Waals surface area (Å²) < 4.78 is 21.2. The minimum Gasteiger partial charge on any atom is -0.469 e. The van der Waals surface area contributed by atoms with E-state index in [-0.39, 0.29) is 24.6 Å². The van der Waals surface area contributed by atoms with Gasteiger partial charge in [0.05, 0.1) is 31.4 Å². The van der Waals surface area contributed by atoms with Gasteiger partial charge in [0.25, 0.3) is 0 Å². The fourth-order valence-corrected chi connectivity index (χ4v) is 4.23. The van der Waals surface area contributed by atoms with Crippen molar-refractivity contribution in [2.45, 2.75) is 44.8 Å². The first kappa shape index (κ1) is 25.9. The van der Waals surface area contributed by atoms with Gasteiger partial charge in [-0.1, -0.05) is 41.9 Å². The second-order valence-corrected chi connectivity index (χ2v) is 9.37. The summed E-state index contributed by atoms with van der Waals surface area (Å²) in [6, 6.07) is 16.4. The summed E-state index contributed by atoms with van der Waals surface area (Å²) in [7, 11) is 1.25. The number of carbonyl (C=O) groups excluding carboxylic acids is 1. The zero-order valence-corrected chi connectivity index (χ0v) is 21.0. The lowest BCUT2D eigenvalue weighted by Gasteiger charge is -2.15. The number of hydrogen-bond acceptors (Lipinski definition) is 4. The Morgan fingerprint density at radius 1 is 1.12 bits per heavy atom. The Kier molecular flexibility index (Phi) is 8.83. The van der Waals surface area contributed by atoms with E-state index in [1.165, 1.54) is 19.2 Å². The van der Waals surface area contributed by atoms with E-state index in [1.54, 1.807) is 24.4 Å². The quantitative estimate of drug-likeness (QED) is 0.334. The standard InChI is InChI=1S/C27H29BrFNO4/c1-17(2)25-16-24(19-5-4-6-20(28)13-19)27(18-7-9-21(29)10-8-18)30(25)12-11-22(31)14-23(32)15-26(33)34-3/h4-13,16-17,22-23,31-32H,14-15H2,1-3H3/b12-11+. The van der Waals surface area contributed by atoms with E-state index < -0.39 is 18.2 Å². The van der Waals surface area contributed by atoms with Gasteiger partial charge in [0, 0.05) is 28.4 Å². The fraction of sp³-hybridized carbons (Fsp3) is 0.296. The minimum atomic E-state index is -1.02. The number of rotatable bonds is 9. The summed E-state index contributed by atoms with van der Waals surface area (Å²) in [6.07, 6.45) is 1.17. The maximum Gasteiger partial charge on any atom is 0.308 e. The SMILES string of the molecule is COC(=O)CC(O)CC(O)/C=C/n1c(C(C)C)cc(-c2cccc(Br)c2)c1-c1ccc(F)cc1. The lowest BCUT2D eigenvalue weighted by molar-refractivity contribution is -0.143. The van der Waals surface area contributed by atoms with Crippen molar-refractivity contribution >= 4 is 28.1 Å². The largest absolute Gasteiger partial charge is 0.469 e. The Balaban J connectivity index is 2.07. The first-order chi connectivity index (χ1) is 16.2. The minimum absolute atomic E-state index is 0.00570. The third kappa shape index (κ3) is 6.44. The summed E-state index contributed by atoms with van der Waals surface area (Å²) in [5, 5.41) is 20.5. The zero-order chi connectivity index (χ0) is 24.8. The average Bonchev–Trinajstić information content (AvgIpc) is 3.18. The number of aromatic nitrogens is 1. The molecule has 1 heterocycles. The summed E-state index contributed by atoms with van der Waals surface area (Å²) >= 11 is 3.54. The van der Waals surface area contributed by atoms with Gasteiger partial charge in [-0.25, -0.2) is 4.39 Å². The molecule has 5 nitrogen and oxygen atoms in total. The summed E-state index contributed by atoms with van der Waals surface area (Å²) in [6.45, 7) is 4.16. The van der Waals surface area contributed by atoms with Crippen molar-refractivity contribution < 1.29 is 24.1 Å². The van der Waals surface area contributed by atoms with E-state index in [4.69, 9.17) is 0 Å². The smallest absolute Gasteiger partial charge is 0.308 e. The van der Waals surface area contributed by atoms with Gasteiger partial charge < -0.3 is 19.5 Å². The summed E-state index contributed by atoms with van der Waals surface area (Å²) in [4.78, 5) is 11.4. The van der Waals surface area contributed by atoms with E-state index >= 15 is 0 Å². The van der Waals surface area contributed by atoms with Crippen molar-refractivity contribution in [3.05, 3.63) is 76.7 Å². The van der Waals surface area contributed by atoms with Gasteiger partial charge in [0.1, 0.15) is 5.82 Å². The zero-order valence-electron chi connectivity index (χ0n) is 19.4. The molecular weight excluding hydrogens is 501 g/mol. The van der Waals surface area contributed by atoms with Crippen molar-refractivity contribution in [2.24, 2.45) is 0 Å². The lowest BCUT2D eigenvalue weighted by Crippen LogP contribution is -2.20. The second kappa shape index (κ2) is 11.6. The predicted octanol–water partition coefficient (Wildman–Crippen LogP) is 5.99. The lowest BCUT2D eigenvalue weighted by atomic mass is 10.0. The van der Waals surface area contributed by atoms with Crippen LogP contribution in [-0.4, -0.2) is 40.1 Å². The molecule has 2 unspecified atom stereocenters. The highest BCUT2D eigenvalue weighted by molar-refractivity contribution is 9.10. The number of esters is 1. The summed E-state index contributed by atoms with van der Waals surface area (Å²) in [5.41, 5.74) is 4.67. The van der Waals surface area contributed by atoms with Crippen molar-refractivity contribution in [1.82, 2.24) is 4.57 Å². The van der Waals surface area contributed by atoms with Crippen molar-refractivity contribution in [3.63, 3.8) is 0 Å².